The molecule has 0 unspecified atom stereocenters. The Bertz CT molecular complexity index is 486. The van der Waals surface area contributed by atoms with Crippen molar-refractivity contribution in [1.29, 1.82) is 0 Å². The molecule has 6 nitrogen and oxygen atoms in total. The normalized spacial score (nSPS) is 9.68. The molecule has 0 aliphatic rings. The van der Waals surface area contributed by atoms with Crippen LogP contribution in [0.25, 0.3) is 0 Å². The zero-order valence-electron chi connectivity index (χ0n) is 10.4. The molecule has 4 N–H and O–H groups in total. The summed E-state index contributed by atoms with van der Waals surface area (Å²) in [6, 6.07) is 4.53. The lowest BCUT2D eigenvalue weighted by Gasteiger charge is -2.06. The van der Waals surface area contributed by atoms with Gasteiger partial charge in [-0.25, -0.2) is 9.59 Å². The third-order valence-corrected chi connectivity index (χ3v) is 2.26. The van der Waals surface area contributed by atoms with Crippen LogP contribution in [0.15, 0.2) is 30.9 Å². The van der Waals surface area contributed by atoms with Gasteiger partial charge in [-0.3, -0.25) is 0 Å². The van der Waals surface area contributed by atoms with E-state index in [2.05, 4.69) is 6.58 Å². The molecule has 102 valence electrons. The SMILES string of the molecule is C=CC(=O)OCCCOC(=O)c1ccc(N)c(N)c1. The second kappa shape index (κ2) is 7.05. The van der Waals surface area contributed by atoms with E-state index in [0.29, 0.717) is 23.4 Å². The van der Waals surface area contributed by atoms with Gasteiger partial charge in [0.15, 0.2) is 0 Å². The maximum absolute atomic E-state index is 11.6. The number of carbonyl (C=O) groups is 2. The number of anilines is 2. The molecule has 0 atom stereocenters. The number of hydrogen-bond donors (Lipinski definition) is 2. The molecule has 1 rings (SSSR count). The molecule has 19 heavy (non-hydrogen) atoms. The van der Waals surface area contributed by atoms with Crippen molar-refractivity contribution in [2.75, 3.05) is 24.7 Å². The first kappa shape index (κ1) is 14.6. The second-order valence-electron chi connectivity index (χ2n) is 3.70. The van der Waals surface area contributed by atoms with Crippen LogP contribution in [0.2, 0.25) is 0 Å². The maximum atomic E-state index is 11.6. The highest BCUT2D eigenvalue weighted by molar-refractivity contribution is 5.91. The summed E-state index contributed by atoms with van der Waals surface area (Å²) in [5.74, 6) is -1.00. The summed E-state index contributed by atoms with van der Waals surface area (Å²) in [4.78, 5) is 22.3. The predicted octanol–water partition coefficient (Wildman–Crippen LogP) is 1.13. The highest BCUT2D eigenvalue weighted by atomic mass is 16.5. The number of nitrogen functional groups attached to an aromatic ring is 2. The fourth-order valence-corrected chi connectivity index (χ4v) is 1.24. The van der Waals surface area contributed by atoms with Crippen LogP contribution in [-0.2, 0) is 14.3 Å². The number of hydrogen-bond acceptors (Lipinski definition) is 6. The van der Waals surface area contributed by atoms with Crippen molar-refractivity contribution in [3.8, 4) is 0 Å². The third-order valence-electron chi connectivity index (χ3n) is 2.26. The highest BCUT2D eigenvalue weighted by Crippen LogP contribution is 2.16. The second-order valence-corrected chi connectivity index (χ2v) is 3.70. The summed E-state index contributed by atoms with van der Waals surface area (Å²) in [6.45, 7) is 3.58. The molecule has 0 fully saturated rings. The molecule has 6 heteroatoms. The Morgan fingerprint density at radius 3 is 2.47 bits per heavy atom. The van der Waals surface area contributed by atoms with Gasteiger partial charge in [0.2, 0.25) is 0 Å². The monoisotopic (exact) mass is 264 g/mol. The summed E-state index contributed by atoms with van der Waals surface area (Å²) < 4.78 is 9.71. The van der Waals surface area contributed by atoms with E-state index < -0.39 is 11.9 Å². The Balaban J connectivity index is 2.33. The molecule has 0 heterocycles. The van der Waals surface area contributed by atoms with Gasteiger partial charge in [-0.1, -0.05) is 6.58 Å². The topological polar surface area (TPSA) is 105 Å². The fourth-order valence-electron chi connectivity index (χ4n) is 1.24. The molecule has 0 saturated heterocycles. The van der Waals surface area contributed by atoms with E-state index in [-0.39, 0.29) is 13.2 Å². The molecule has 0 saturated carbocycles. The van der Waals surface area contributed by atoms with Crippen LogP contribution in [0, 0.1) is 0 Å². The van der Waals surface area contributed by atoms with Crippen LogP contribution in [0.1, 0.15) is 16.8 Å². The van der Waals surface area contributed by atoms with Crippen LogP contribution in [0.4, 0.5) is 11.4 Å². The van der Waals surface area contributed by atoms with Crippen molar-refractivity contribution in [2.24, 2.45) is 0 Å². The average Bonchev–Trinajstić information content (AvgIpc) is 2.40. The van der Waals surface area contributed by atoms with Crippen LogP contribution in [0.3, 0.4) is 0 Å². The first-order chi connectivity index (χ1) is 9.04. The van der Waals surface area contributed by atoms with Crippen LogP contribution in [-0.4, -0.2) is 25.2 Å². The first-order valence-electron chi connectivity index (χ1n) is 5.66. The van der Waals surface area contributed by atoms with Gasteiger partial charge < -0.3 is 20.9 Å². The quantitative estimate of drug-likeness (QED) is 0.345. The van der Waals surface area contributed by atoms with Crippen LogP contribution in [0.5, 0.6) is 0 Å². The summed E-state index contributed by atoms with van der Waals surface area (Å²) in [5, 5.41) is 0. The van der Waals surface area contributed by atoms with E-state index in [1.54, 1.807) is 0 Å². The van der Waals surface area contributed by atoms with Gasteiger partial charge in [-0.2, -0.15) is 0 Å². The molecule has 0 radical (unpaired) electrons. The van der Waals surface area contributed by atoms with Crippen LogP contribution < -0.4 is 11.5 Å². The highest BCUT2D eigenvalue weighted by Gasteiger charge is 2.08. The van der Waals surface area contributed by atoms with Gasteiger partial charge in [-0.05, 0) is 18.2 Å². The minimum Gasteiger partial charge on any atom is -0.462 e. The Morgan fingerprint density at radius 2 is 1.84 bits per heavy atom. The molecule has 1 aromatic carbocycles. The lowest BCUT2D eigenvalue weighted by Crippen LogP contribution is -2.10. The number of ether oxygens (including phenoxy) is 2. The van der Waals surface area contributed by atoms with Gasteiger partial charge >= 0.3 is 11.9 Å². The molecule has 1 aromatic rings. The van der Waals surface area contributed by atoms with Crippen molar-refractivity contribution in [1.82, 2.24) is 0 Å². The maximum Gasteiger partial charge on any atom is 0.338 e. The zero-order valence-corrected chi connectivity index (χ0v) is 10.4. The number of esters is 2. The van der Waals surface area contributed by atoms with E-state index in [1.165, 1.54) is 18.2 Å². The van der Waals surface area contributed by atoms with Crippen LogP contribution >= 0.6 is 0 Å². The predicted molar refractivity (Wildman–Crippen MR) is 71.3 cm³/mol. The molecule has 0 aliphatic carbocycles. The van der Waals surface area contributed by atoms with E-state index >= 15 is 0 Å². The molecule has 0 amide bonds. The van der Waals surface area contributed by atoms with E-state index in [0.717, 1.165) is 6.08 Å². The van der Waals surface area contributed by atoms with Gasteiger partial charge in [-0.15, -0.1) is 0 Å². The Hall–Kier alpha value is -2.50. The van der Waals surface area contributed by atoms with Gasteiger partial charge in [0, 0.05) is 12.5 Å². The molecule has 0 spiro atoms. The summed E-state index contributed by atoms with van der Waals surface area (Å²) >= 11 is 0. The Morgan fingerprint density at radius 1 is 1.16 bits per heavy atom. The summed E-state index contributed by atoms with van der Waals surface area (Å²) in [5.41, 5.74) is 12.2. The fraction of sp³-hybridized carbons (Fsp3) is 0.231. The number of rotatable bonds is 6. The van der Waals surface area contributed by atoms with Crippen molar-refractivity contribution < 1.29 is 19.1 Å². The zero-order chi connectivity index (χ0) is 14.3. The Kier molecular flexibility index (Phi) is 5.40. The number of carbonyl (C=O) groups excluding carboxylic acids is 2. The summed E-state index contributed by atoms with van der Waals surface area (Å²) in [7, 11) is 0. The van der Waals surface area contributed by atoms with Crippen molar-refractivity contribution in [3.05, 3.63) is 36.4 Å². The third kappa shape index (κ3) is 4.71. The minimum absolute atomic E-state index is 0.146. The number of nitrogens with two attached hydrogens (primary N) is 2. The van der Waals surface area contributed by atoms with E-state index in [9.17, 15) is 9.59 Å². The first-order valence-corrected chi connectivity index (χ1v) is 5.66. The molecule has 0 bridgehead atoms. The smallest absolute Gasteiger partial charge is 0.338 e. The summed E-state index contributed by atoms with van der Waals surface area (Å²) in [6.07, 6.45) is 1.49. The van der Waals surface area contributed by atoms with Crippen molar-refractivity contribution in [2.45, 2.75) is 6.42 Å². The lowest BCUT2D eigenvalue weighted by molar-refractivity contribution is -0.137. The molecular weight excluding hydrogens is 248 g/mol. The Labute approximate surface area is 111 Å². The average molecular weight is 264 g/mol. The van der Waals surface area contributed by atoms with Crippen molar-refractivity contribution >= 4 is 23.3 Å². The molecular formula is C13H16N2O4. The van der Waals surface area contributed by atoms with Gasteiger partial charge in [0.05, 0.1) is 30.2 Å². The molecule has 0 aliphatic heterocycles. The largest absolute Gasteiger partial charge is 0.462 e. The van der Waals surface area contributed by atoms with Gasteiger partial charge in [0.1, 0.15) is 0 Å². The van der Waals surface area contributed by atoms with Crippen molar-refractivity contribution in [3.63, 3.8) is 0 Å². The minimum atomic E-state index is -0.502. The lowest BCUT2D eigenvalue weighted by atomic mass is 10.2. The number of benzene rings is 1. The van der Waals surface area contributed by atoms with Gasteiger partial charge in [0.25, 0.3) is 0 Å². The molecule has 0 aromatic heterocycles. The van der Waals surface area contributed by atoms with E-state index in [1.807, 2.05) is 0 Å². The standard InChI is InChI=1S/C13H16N2O4/c1-2-12(16)18-6-3-7-19-13(17)9-4-5-10(14)11(15)8-9/h2,4-5,8H,1,3,6-7,14-15H2. The van der Waals surface area contributed by atoms with E-state index in [4.69, 9.17) is 20.9 Å².